The highest BCUT2D eigenvalue weighted by Gasteiger charge is 2.15. The Labute approximate surface area is 173 Å². The summed E-state index contributed by atoms with van der Waals surface area (Å²) < 4.78 is 32.5. The molecule has 0 unspecified atom stereocenters. The zero-order chi connectivity index (χ0) is 21.4. The third-order valence-electron chi connectivity index (χ3n) is 4.45. The second-order valence-electron chi connectivity index (χ2n) is 7.21. The minimum atomic E-state index is -3.54. The molecule has 0 spiro atoms. The number of sulfonamides is 1. The van der Waals surface area contributed by atoms with Crippen LogP contribution >= 0.6 is 0 Å². The number of carbonyl (C=O) groups is 1. The molecule has 0 aliphatic heterocycles. The number of nitrogens with one attached hydrogen (secondary N) is 2. The number of para-hydroxylation sites is 1. The highest BCUT2D eigenvalue weighted by atomic mass is 32.2. The summed E-state index contributed by atoms with van der Waals surface area (Å²) in [5, 5.41) is 2.94. The topological polar surface area (TPSA) is 84.5 Å². The van der Waals surface area contributed by atoms with Gasteiger partial charge in [0.15, 0.2) is 6.61 Å². The summed E-state index contributed by atoms with van der Waals surface area (Å²) >= 11 is 0. The van der Waals surface area contributed by atoms with Crippen LogP contribution in [0.1, 0.15) is 38.8 Å². The standard InChI is InChI=1S/C22H30N2O4S/c1-5-17-8-7-9-18(6-2)22(17)24-21(25)15-28-19-10-12-20(13-11-19)29(26,27)23-14-16(3)4/h7-13,16,23H,5-6,14-15H2,1-4H3,(H,24,25). The molecule has 0 aliphatic carbocycles. The van der Waals surface area contributed by atoms with Gasteiger partial charge in [0.05, 0.1) is 4.90 Å². The molecule has 2 rings (SSSR count). The zero-order valence-corrected chi connectivity index (χ0v) is 18.3. The lowest BCUT2D eigenvalue weighted by atomic mass is 10.0. The Kier molecular flexibility index (Phi) is 8.22. The van der Waals surface area contributed by atoms with Crippen molar-refractivity contribution in [1.82, 2.24) is 4.72 Å². The minimum absolute atomic E-state index is 0.154. The van der Waals surface area contributed by atoms with E-state index in [1.165, 1.54) is 12.1 Å². The molecule has 158 valence electrons. The molecule has 1 amide bonds. The number of benzene rings is 2. The first-order valence-corrected chi connectivity index (χ1v) is 11.4. The van der Waals surface area contributed by atoms with Gasteiger partial charge in [-0.3, -0.25) is 4.79 Å². The van der Waals surface area contributed by atoms with Crippen molar-refractivity contribution in [1.29, 1.82) is 0 Å². The summed E-state index contributed by atoms with van der Waals surface area (Å²) in [6, 6.07) is 12.0. The Balaban J connectivity index is 1.98. The molecule has 0 saturated heterocycles. The van der Waals surface area contributed by atoms with Crippen molar-refractivity contribution in [3.8, 4) is 5.75 Å². The highest BCUT2D eigenvalue weighted by Crippen LogP contribution is 2.22. The summed E-state index contributed by atoms with van der Waals surface area (Å²) in [4.78, 5) is 12.5. The van der Waals surface area contributed by atoms with E-state index in [9.17, 15) is 13.2 Å². The number of anilines is 1. The second kappa shape index (κ2) is 10.4. The lowest BCUT2D eigenvalue weighted by Crippen LogP contribution is -2.27. The molecule has 0 saturated carbocycles. The lowest BCUT2D eigenvalue weighted by Gasteiger charge is -2.15. The third-order valence-corrected chi connectivity index (χ3v) is 5.89. The van der Waals surface area contributed by atoms with Crippen LogP contribution in [-0.4, -0.2) is 27.5 Å². The van der Waals surface area contributed by atoms with E-state index >= 15 is 0 Å². The van der Waals surface area contributed by atoms with Gasteiger partial charge in [-0.05, 0) is 54.2 Å². The fourth-order valence-corrected chi connectivity index (χ4v) is 4.02. The van der Waals surface area contributed by atoms with Crippen LogP contribution in [0.15, 0.2) is 47.4 Å². The summed E-state index contributed by atoms with van der Waals surface area (Å²) in [6.45, 7) is 8.19. The van der Waals surface area contributed by atoms with E-state index in [1.54, 1.807) is 12.1 Å². The number of amides is 1. The minimum Gasteiger partial charge on any atom is -0.484 e. The Morgan fingerprint density at radius 1 is 1.00 bits per heavy atom. The van der Waals surface area contributed by atoms with Crippen LogP contribution in [0.4, 0.5) is 5.69 Å². The maximum atomic E-state index is 12.4. The van der Waals surface area contributed by atoms with Crippen LogP contribution in [0, 0.1) is 5.92 Å². The molecule has 0 fully saturated rings. The van der Waals surface area contributed by atoms with Gasteiger partial charge in [0, 0.05) is 12.2 Å². The number of aryl methyl sites for hydroxylation is 2. The Bertz CT molecular complexity index is 900. The molecule has 0 aliphatic rings. The van der Waals surface area contributed by atoms with E-state index in [0.717, 1.165) is 29.7 Å². The fourth-order valence-electron chi connectivity index (χ4n) is 2.80. The molecule has 7 heteroatoms. The van der Waals surface area contributed by atoms with Gasteiger partial charge in [0.25, 0.3) is 5.91 Å². The Hall–Kier alpha value is -2.38. The summed E-state index contributed by atoms with van der Waals surface area (Å²) in [5.41, 5.74) is 3.02. The zero-order valence-electron chi connectivity index (χ0n) is 17.5. The second-order valence-corrected chi connectivity index (χ2v) is 8.98. The van der Waals surface area contributed by atoms with E-state index in [4.69, 9.17) is 4.74 Å². The molecule has 6 nitrogen and oxygen atoms in total. The van der Waals surface area contributed by atoms with Gasteiger partial charge in [-0.25, -0.2) is 13.1 Å². The number of hydrogen-bond acceptors (Lipinski definition) is 4. The average Bonchev–Trinajstić information content (AvgIpc) is 2.71. The number of hydrogen-bond donors (Lipinski definition) is 2. The highest BCUT2D eigenvalue weighted by molar-refractivity contribution is 7.89. The Morgan fingerprint density at radius 2 is 1.59 bits per heavy atom. The smallest absolute Gasteiger partial charge is 0.262 e. The number of rotatable bonds is 10. The van der Waals surface area contributed by atoms with Gasteiger partial charge in [0.2, 0.25) is 10.0 Å². The maximum absolute atomic E-state index is 12.4. The van der Waals surface area contributed by atoms with Gasteiger partial charge in [0.1, 0.15) is 5.75 Å². The molecule has 2 N–H and O–H groups in total. The predicted molar refractivity (Wildman–Crippen MR) is 116 cm³/mol. The summed E-state index contributed by atoms with van der Waals surface area (Å²) in [6.07, 6.45) is 1.65. The van der Waals surface area contributed by atoms with Crippen molar-refractivity contribution in [3.05, 3.63) is 53.6 Å². The van der Waals surface area contributed by atoms with Crippen LogP contribution in [0.2, 0.25) is 0 Å². The molecule has 0 atom stereocenters. The monoisotopic (exact) mass is 418 g/mol. The van der Waals surface area contributed by atoms with Crippen LogP contribution in [0.25, 0.3) is 0 Å². The average molecular weight is 419 g/mol. The van der Waals surface area contributed by atoms with Crippen LogP contribution in [0.3, 0.4) is 0 Å². The van der Waals surface area contributed by atoms with Gasteiger partial charge in [-0.15, -0.1) is 0 Å². The van der Waals surface area contributed by atoms with E-state index in [-0.39, 0.29) is 23.3 Å². The van der Waals surface area contributed by atoms with Crippen molar-refractivity contribution in [2.24, 2.45) is 5.92 Å². The van der Waals surface area contributed by atoms with Crippen LogP contribution in [0.5, 0.6) is 5.75 Å². The molecule has 0 bridgehead atoms. The summed E-state index contributed by atoms with van der Waals surface area (Å²) in [5.74, 6) is 0.398. The molecule has 0 aromatic heterocycles. The molecule has 0 radical (unpaired) electrons. The predicted octanol–water partition coefficient (Wildman–Crippen LogP) is 3.76. The van der Waals surface area contributed by atoms with Crippen molar-refractivity contribution < 1.29 is 17.9 Å². The first-order chi connectivity index (χ1) is 13.8. The lowest BCUT2D eigenvalue weighted by molar-refractivity contribution is -0.118. The van der Waals surface area contributed by atoms with Gasteiger partial charge in [-0.1, -0.05) is 45.9 Å². The maximum Gasteiger partial charge on any atom is 0.262 e. The molecule has 29 heavy (non-hydrogen) atoms. The number of ether oxygens (including phenoxy) is 1. The van der Waals surface area contributed by atoms with Gasteiger partial charge in [-0.2, -0.15) is 0 Å². The van der Waals surface area contributed by atoms with Crippen LogP contribution in [-0.2, 0) is 27.7 Å². The molecular weight excluding hydrogens is 388 g/mol. The van der Waals surface area contributed by atoms with Crippen molar-refractivity contribution >= 4 is 21.6 Å². The molecular formula is C22H30N2O4S. The molecule has 2 aromatic rings. The first kappa shape index (κ1) is 22.9. The van der Waals surface area contributed by atoms with Crippen molar-refractivity contribution in [2.45, 2.75) is 45.4 Å². The quantitative estimate of drug-likeness (QED) is 0.615. The SMILES string of the molecule is CCc1cccc(CC)c1NC(=O)COc1ccc(S(=O)(=O)NCC(C)C)cc1. The third kappa shape index (κ3) is 6.58. The fraction of sp³-hybridized carbons (Fsp3) is 0.409. The van der Waals surface area contributed by atoms with E-state index < -0.39 is 10.0 Å². The first-order valence-electron chi connectivity index (χ1n) is 9.90. The van der Waals surface area contributed by atoms with Gasteiger partial charge >= 0.3 is 0 Å². The van der Waals surface area contributed by atoms with E-state index in [2.05, 4.69) is 10.0 Å². The van der Waals surface area contributed by atoms with Crippen LogP contribution < -0.4 is 14.8 Å². The molecule has 0 heterocycles. The Morgan fingerprint density at radius 3 is 2.10 bits per heavy atom. The van der Waals surface area contributed by atoms with Gasteiger partial charge < -0.3 is 10.1 Å². The number of carbonyl (C=O) groups excluding carboxylic acids is 1. The summed E-state index contributed by atoms with van der Waals surface area (Å²) in [7, 11) is -3.54. The van der Waals surface area contributed by atoms with Crippen molar-refractivity contribution in [2.75, 3.05) is 18.5 Å². The van der Waals surface area contributed by atoms with E-state index in [0.29, 0.717) is 12.3 Å². The normalized spacial score (nSPS) is 11.5. The largest absolute Gasteiger partial charge is 0.484 e. The van der Waals surface area contributed by atoms with E-state index in [1.807, 2.05) is 45.9 Å². The van der Waals surface area contributed by atoms with Crippen molar-refractivity contribution in [3.63, 3.8) is 0 Å². The molecule has 2 aromatic carbocycles.